The zero-order valence-electron chi connectivity index (χ0n) is 12.2. The first-order valence-corrected chi connectivity index (χ1v) is 9.01. The van der Waals surface area contributed by atoms with Gasteiger partial charge < -0.3 is 0 Å². The van der Waals surface area contributed by atoms with Gasteiger partial charge in [-0.2, -0.15) is 4.31 Å². The van der Waals surface area contributed by atoms with Crippen molar-refractivity contribution in [2.75, 3.05) is 6.54 Å². The Morgan fingerprint density at radius 3 is 2.64 bits per heavy atom. The van der Waals surface area contributed by atoms with Gasteiger partial charge in [-0.15, -0.1) is 0 Å². The van der Waals surface area contributed by atoms with Gasteiger partial charge in [0.2, 0.25) is 10.0 Å². The number of rotatable bonds is 3. The first-order valence-electron chi connectivity index (χ1n) is 7.19. The Kier molecular flexibility index (Phi) is 4.21. The van der Waals surface area contributed by atoms with E-state index in [0.717, 1.165) is 24.0 Å². The van der Waals surface area contributed by atoms with Crippen molar-refractivity contribution in [3.8, 4) is 0 Å². The summed E-state index contributed by atoms with van der Waals surface area (Å²) in [5, 5.41) is 0.374. The summed E-state index contributed by atoms with van der Waals surface area (Å²) < 4.78 is 27.3. The van der Waals surface area contributed by atoms with Gasteiger partial charge in [0.05, 0.1) is 10.9 Å². The lowest BCUT2D eigenvalue weighted by atomic mass is 10.1. The molecule has 1 saturated heterocycles. The molecule has 1 aromatic heterocycles. The summed E-state index contributed by atoms with van der Waals surface area (Å²) in [5.41, 5.74) is 1.81. The van der Waals surface area contributed by atoms with Gasteiger partial charge in [0, 0.05) is 18.3 Å². The largest absolute Gasteiger partial charge is 0.244 e. The minimum atomic E-state index is -3.52. The third-order valence-electron chi connectivity index (χ3n) is 3.98. The molecule has 22 heavy (non-hydrogen) atoms. The van der Waals surface area contributed by atoms with Crippen LogP contribution in [0.2, 0.25) is 5.15 Å². The van der Waals surface area contributed by atoms with Gasteiger partial charge in [-0.1, -0.05) is 35.4 Å². The van der Waals surface area contributed by atoms with E-state index in [4.69, 9.17) is 11.6 Å². The number of pyridine rings is 1. The fraction of sp³-hybridized carbons (Fsp3) is 0.312. The topological polar surface area (TPSA) is 50.3 Å². The van der Waals surface area contributed by atoms with Gasteiger partial charge in [-0.25, -0.2) is 13.4 Å². The highest BCUT2D eigenvalue weighted by Gasteiger charge is 2.37. The van der Waals surface area contributed by atoms with E-state index < -0.39 is 10.0 Å². The molecule has 116 valence electrons. The number of sulfonamides is 1. The Bertz CT molecular complexity index is 775. The van der Waals surface area contributed by atoms with E-state index in [0.29, 0.717) is 16.6 Å². The molecule has 0 bridgehead atoms. The van der Waals surface area contributed by atoms with Crippen molar-refractivity contribution in [3.05, 3.63) is 58.9 Å². The van der Waals surface area contributed by atoms with E-state index >= 15 is 0 Å². The number of nitrogens with zero attached hydrogens (tertiary/aromatic N) is 2. The third-order valence-corrected chi connectivity index (χ3v) is 6.22. The highest BCUT2D eigenvalue weighted by atomic mass is 35.5. The highest BCUT2D eigenvalue weighted by molar-refractivity contribution is 7.89. The Labute approximate surface area is 135 Å². The van der Waals surface area contributed by atoms with Crippen molar-refractivity contribution in [2.45, 2.75) is 30.7 Å². The molecule has 0 amide bonds. The van der Waals surface area contributed by atoms with Gasteiger partial charge in [-0.3, -0.25) is 0 Å². The first kappa shape index (κ1) is 15.5. The van der Waals surface area contributed by atoms with Gasteiger partial charge in [0.1, 0.15) is 5.15 Å². The molecular weight excluding hydrogens is 320 g/mol. The molecule has 0 radical (unpaired) electrons. The van der Waals surface area contributed by atoms with Gasteiger partial charge in [-0.05, 0) is 38.0 Å². The number of aryl methyl sites for hydroxylation is 1. The molecule has 4 nitrogen and oxygen atoms in total. The van der Waals surface area contributed by atoms with E-state index in [1.165, 1.54) is 0 Å². The Morgan fingerprint density at radius 2 is 1.95 bits per heavy atom. The quantitative estimate of drug-likeness (QED) is 0.805. The zero-order valence-corrected chi connectivity index (χ0v) is 13.8. The summed E-state index contributed by atoms with van der Waals surface area (Å²) in [6.07, 6.45) is 3.19. The van der Waals surface area contributed by atoms with Crippen molar-refractivity contribution in [1.29, 1.82) is 0 Å². The molecular formula is C16H17ClN2O2S. The molecule has 2 heterocycles. The molecule has 1 aromatic carbocycles. The van der Waals surface area contributed by atoms with E-state index in [9.17, 15) is 8.42 Å². The smallest absolute Gasteiger partial charge is 0.243 e. The maximum absolute atomic E-state index is 12.9. The standard InChI is InChI=1S/C16H17ClN2O2S/c1-12-6-8-13(9-7-12)22(20,21)19-11-3-5-15(19)14-4-2-10-18-16(14)17/h2,4,6-10,15H,3,5,11H2,1H3. The average Bonchev–Trinajstić information content (AvgIpc) is 2.98. The predicted octanol–water partition coefficient (Wildman–Crippen LogP) is 3.57. The molecule has 1 atom stereocenters. The van der Waals surface area contributed by atoms with Crippen LogP contribution in [-0.2, 0) is 10.0 Å². The second-order valence-electron chi connectivity index (χ2n) is 5.47. The molecule has 6 heteroatoms. The molecule has 1 aliphatic rings. The van der Waals surface area contributed by atoms with Crippen LogP contribution in [0.1, 0.15) is 30.0 Å². The van der Waals surface area contributed by atoms with Crippen LogP contribution in [0.3, 0.4) is 0 Å². The van der Waals surface area contributed by atoms with Crippen molar-refractivity contribution >= 4 is 21.6 Å². The van der Waals surface area contributed by atoms with Gasteiger partial charge >= 0.3 is 0 Å². The lowest BCUT2D eigenvalue weighted by Crippen LogP contribution is -2.30. The summed E-state index contributed by atoms with van der Waals surface area (Å²) in [6.45, 7) is 2.44. The number of aromatic nitrogens is 1. The van der Waals surface area contributed by atoms with Crippen LogP contribution in [0.4, 0.5) is 0 Å². The minimum Gasteiger partial charge on any atom is -0.244 e. The highest BCUT2D eigenvalue weighted by Crippen LogP contribution is 2.38. The molecule has 3 rings (SSSR count). The Hall–Kier alpha value is -1.43. The maximum Gasteiger partial charge on any atom is 0.243 e. The van der Waals surface area contributed by atoms with Crippen LogP contribution in [-0.4, -0.2) is 24.3 Å². The number of hydrogen-bond donors (Lipinski definition) is 0. The maximum atomic E-state index is 12.9. The Morgan fingerprint density at radius 1 is 1.23 bits per heavy atom. The summed E-state index contributed by atoms with van der Waals surface area (Å²) in [4.78, 5) is 4.39. The number of benzene rings is 1. The molecule has 0 aliphatic carbocycles. The average molecular weight is 337 g/mol. The monoisotopic (exact) mass is 336 g/mol. The van der Waals surface area contributed by atoms with Gasteiger partial charge in [0.25, 0.3) is 0 Å². The zero-order chi connectivity index (χ0) is 15.7. The van der Waals surface area contributed by atoms with Crippen molar-refractivity contribution in [2.24, 2.45) is 0 Å². The predicted molar refractivity (Wildman–Crippen MR) is 86.3 cm³/mol. The lowest BCUT2D eigenvalue weighted by Gasteiger charge is -2.24. The van der Waals surface area contributed by atoms with Gasteiger partial charge in [0.15, 0.2) is 0 Å². The van der Waals surface area contributed by atoms with E-state index in [-0.39, 0.29) is 6.04 Å². The molecule has 0 saturated carbocycles. The SMILES string of the molecule is Cc1ccc(S(=O)(=O)N2CCCC2c2cccnc2Cl)cc1. The molecule has 1 unspecified atom stereocenters. The van der Waals surface area contributed by atoms with Crippen LogP contribution < -0.4 is 0 Å². The van der Waals surface area contributed by atoms with Crippen LogP contribution >= 0.6 is 11.6 Å². The number of halogens is 1. The first-order chi connectivity index (χ1) is 10.5. The Balaban J connectivity index is 1.99. The summed E-state index contributed by atoms with van der Waals surface area (Å²) in [6, 6.07) is 10.3. The molecule has 0 N–H and O–H groups in total. The van der Waals surface area contributed by atoms with Crippen LogP contribution in [0.5, 0.6) is 0 Å². The third kappa shape index (κ3) is 2.76. The van der Waals surface area contributed by atoms with E-state index in [1.807, 2.05) is 25.1 Å². The summed E-state index contributed by atoms with van der Waals surface area (Å²) in [5.74, 6) is 0. The van der Waals surface area contributed by atoms with Crippen LogP contribution in [0.15, 0.2) is 47.5 Å². The molecule has 2 aromatic rings. The normalized spacial score (nSPS) is 19.5. The molecule has 0 spiro atoms. The molecule has 1 fully saturated rings. The van der Waals surface area contributed by atoms with E-state index in [1.54, 1.807) is 28.7 Å². The minimum absolute atomic E-state index is 0.243. The van der Waals surface area contributed by atoms with Crippen molar-refractivity contribution < 1.29 is 8.42 Å². The summed E-state index contributed by atoms with van der Waals surface area (Å²) in [7, 11) is -3.52. The fourth-order valence-corrected chi connectivity index (χ4v) is 4.75. The van der Waals surface area contributed by atoms with E-state index in [2.05, 4.69) is 4.98 Å². The second-order valence-corrected chi connectivity index (χ2v) is 7.72. The number of hydrogen-bond acceptors (Lipinski definition) is 3. The fourth-order valence-electron chi connectivity index (χ4n) is 2.83. The van der Waals surface area contributed by atoms with Crippen LogP contribution in [0, 0.1) is 6.92 Å². The van der Waals surface area contributed by atoms with Crippen LogP contribution in [0.25, 0.3) is 0 Å². The second kappa shape index (κ2) is 5.99. The lowest BCUT2D eigenvalue weighted by molar-refractivity contribution is 0.396. The summed E-state index contributed by atoms with van der Waals surface area (Å²) >= 11 is 6.15. The van der Waals surface area contributed by atoms with Crippen molar-refractivity contribution in [1.82, 2.24) is 9.29 Å². The molecule has 1 aliphatic heterocycles. The van der Waals surface area contributed by atoms with Crippen molar-refractivity contribution in [3.63, 3.8) is 0 Å².